The van der Waals surface area contributed by atoms with E-state index in [-0.39, 0.29) is 5.91 Å². The van der Waals surface area contributed by atoms with Crippen molar-refractivity contribution in [2.45, 2.75) is 39.5 Å². The molecule has 4 heteroatoms. The second kappa shape index (κ2) is 7.63. The van der Waals surface area contributed by atoms with Crippen LogP contribution in [-0.4, -0.2) is 30.4 Å². The lowest BCUT2D eigenvalue weighted by Gasteiger charge is -2.19. The largest absolute Gasteiger partial charge is 0.338 e. The van der Waals surface area contributed by atoms with Gasteiger partial charge in [0.05, 0.1) is 16.3 Å². The molecule has 1 fully saturated rings. The van der Waals surface area contributed by atoms with Crippen LogP contribution in [0.2, 0.25) is 0 Å². The molecule has 0 bridgehead atoms. The fourth-order valence-electron chi connectivity index (χ4n) is 2.78. The molecule has 114 valence electrons. The topological polar surface area (TPSA) is 46.3 Å². The summed E-state index contributed by atoms with van der Waals surface area (Å²) in [5, 5.41) is 0. The molecule has 1 aromatic rings. The Morgan fingerprint density at radius 3 is 3.00 bits per heavy atom. The van der Waals surface area contributed by atoms with Crippen LogP contribution < -0.4 is 5.73 Å². The van der Waals surface area contributed by atoms with Crippen LogP contribution in [0.5, 0.6) is 0 Å². The first-order valence-electron chi connectivity index (χ1n) is 7.74. The van der Waals surface area contributed by atoms with E-state index in [4.69, 9.17) is 5.73 Å². The summed E-state index contributed by atoms with van der Waals surface area (Å²) >= 11 is 1.49. The van der Waals surface area contributed by atoms with Crippen molar-refractivity contribution in [1.29, 1.82) is 0 Å². The van der Waals surface area contributed by atoms with Crippen molar-refractivity contribution < 1.29 is 4.79 Å². The molecule has 0 saturated carbocycles. The van der Waals surface area contributed by atoms with Gasteiger partial charge in [-0.25, -0.2) is 0 Å². The molecule has 0 radical (unpaired) electrons. The van der Waals surface area contributed by atoms with Crippen LogP contribution >= 0.6 is 11.3 Å². The van der Waals surface area contributed by atoms with Gasteiger partial charge in [-0.1, -0.05) is 25.2 Å². The summed E-state index contributed by atoms with van der Waals surface area (Å²) in [7, 11) is 0. The number of nitrogens with zero attached hydrogens (tertiary/aromatic N) is 1. The minimum atomic E-state index is 0.167. The number of hydrogen-bond donors (Lipinski definition) is 1. The molecule has 1 unspecified atom stereocenters. The van der Waals surface area contributed by atoms with E-state index in [1.807, 2.05) is 17.9 Å². The monoisotopic (exact) mass is 304 g/mol. The van der Waals surface area contributed by atoms with Gasteiger partial charge in [0.2, 0.25) is 0 Å². The van der Waals surface area contributed by atoms with Crippen molar-refractivity contribution in [3.05, 3.63) is 21.4 Å². The summed E-state index contributed by atoms with van der Waals surface area (Å²) in [6, 6.07) is 1.97. The lowest BCUT2D eigenvalue weighted by molar-refractivity contribution is 0.0764. The normalized spacial score (nSPS) is 18.8. The molecule has 1 saturated heterocycles. The molecule has 1 amide bonds. The quantitative estimate of drug-likeness (QED) is 0.854. The maximum Gasteiger partial charge on any atom is 0.263 e. The number of rotatable bonds is 2. The summed E-state index contributed by atoms with van der Waals surface area (Å²) < 4.78 is 0. The fourth-order valence-corrected chi connectivity index (χ4v) is 3.79. The zero-order chi connectivity index (χ0) is 15.2. The number of hydrogen-bond acceptors (Lipinski definition) is 3. The SMILES string of the molecule is CCC1CCCN(C(=O)c2cc(C)c(C#CCN)s2)CC1. The highest BCUT2D eigenvalue weighted by atomic mass is 32.1. The Morgan fingerprint density at radius 1 is 1.48 bits per heavy atom. The second-order valence-electron chi connectivity index (χ2n) is 5.63. The van der Waals surface area contributed by atoms with Gasteiger partial charge in [0.15, 0.2) is 0 Å². The molecule has 3 nitrogen and oxygen atoms in total. The van der Waals surface area contributed by atoms with Gasteiger partial charge in [0.1, 0.15) is 0 Å². The fraction of sp³-hybridized carbons (Fsp3) is 0.588. The third-order valence-corrected chi connectivity index (χ3v) is 5.29. The number of likely N-dealkylation sites (tertiary alicyclic amines) is 1. The third-order valence-electron chi connectivity index (χ3n) is 4.14. The Balaban J connectivity index is 2.09. The van der Waals surface area contributed by atoms with Crippen LogP contribution in [0.15, 0.2) is 6.07 Å². The smallest absolute Gasteiger partial charge is 0.263 e. The van der Waals surface area contributed by atoms with Crippen LogP contribution in [-0.2, 0) is 0 Å². The van der Waals surface area contributed by atoms with E-state index in [0.717, 1.165) is 47.2 Å². The molecule has 0 spiro atoms. The van der Waals surface area contributed by atoms with Crippen LogP contribution in [0.25, 0.3) is 0 Å². The van der Waals surface area contributed by atoms with Crippen LogP contribution in [0.3, 0.4) is 0 Å². The standard InChI is InChI=1S/C17H24N2OS/c1-3-14-6-5-10-19(11-8-14)17(20)16-12-13(2)15(21-16)7-4-9-18/h12,14H,3,5-6,8-11,18H2,1-2H3. The van der Waals surface area contributed by atoms with Crippen molar-refractivity contribution in [2.24, 2.45) is 11.7 Å². The molecule has 1 atom stereocenters. The minimum Gasteiger partial charge on any atom is -0.338 e. The molecular formula is C17H24N2OS. The van der Waals surface area contributed by atoms with Crippen LogP contribution in [0.4, 0.5) is 0 Å². The number of nitrogens with two attached hydrogens (primary N) is 1. The molecule has 2 N–H and O–H groups in total. The molecule has 0 aromatic carbocycles. The van der Waals surface area contributed by atoms with Gasteiger partial charge in [-0.2, -0.15) is 0 Å². The average Bonchev–Trinajstić information content (AvgIpc) is 2.72. The number of amides is 1. The first-order valence-corrected chi connectivity index (χ1v) is 8.56. The van der Waals surface area contributed by atoms with Crippen LogP contribution in [0.1, 0.15) is 52.7 Å². The Morgan fingerprint density at radius 2 is 2.29 bits per heavy atom. The van der Waals surface area contributed by atoms with E-state index in [1.54, 1.807) is 0 Å². The van der Waals surface area contributed by atoms with Crippen molar-refractivity contribution in [1.82, 2.24) is 4.90 Å². The highest BCUT2D eigenvalue weighted by molar-refractivity contribution is 7.14. The van der Waals surface area contributed by atoms with E-state index in [2.05, 4.69) is 18.8 Å². The van der Waals surface area contributed by atoms with Crippen molar-refractivity contribution in [2.75, 3.05) is 19.6 Å². The molecule has 1 aliphatic rings. The van der Waals surface area contributed by atoms with Crippen molar-refractivity contribution in [3.63, 3.8) is 0 Å². The van der Waals surface area contributed by atoms with Crippen molar-refractivity contribution >= 4 is 17.2 Å². The molecule has 1 aliphatic heterocycles. The Hall–Kier alpha value is -1.31. The summed E-state index contributed by atoms with van der Waals surface area (Å²) in [5.41, 5.74) is 6.48. The number of aryl methyl sites for hydroxylation is 1. The Labute approximate surface area is 131 Å². The first kappa shape index (κ1) is 16.1. The number of carbonyl (C=O) groups excluding carboxylic acids is 1. The van der Waals surface area contributed by atoms with Gasteiger partial charge >= 0.3 is 0 Å². The average molecular weight is 304 g/mol. The molecule has 21 heavy (non-hydrogen) atoms. The lowest BCUT2D eigenvalue weighted by Crippen LogP contribution is -2.31. The summed E-state index contributed by atoms with van der Waals surface area (Å²) in [6.45, 7) is 6.37. The maximum atomic E-state index is 12.7. The van der Waals surface area contributed by atoms with Gasteiger partial charge < -0.3 is 10.6 Å². The first-order chi connectivity index (χ1) is 10.2. The minimum absolute atomic E-state index is 0.167. The zero-order valence-electron chi connectivity index (χ0n) is 12.9. The molecular weight excluding hydrogens is 280 g/mol. The van der Waals surface area contributed by atoms with E-state index in [9.17, 15) is 4.79 Å². The van der Waals surface area contributed by atoms with Gasteiger partial charge in [0, 0.05) is 13.1 Å². The highest BCUT2D eigenvalue weighted by Crippen LogP contribution is 2.25. The van der Waals surface area contributed by atoms with E-state index in [1.165, 1.54) is 24.2 Å². The van der Waals surface area contributed by atoms with E-state index in [0.29, 0.717) is 6.54 Å². The Bertz CT molecular complexity index is 553. The summed E-state index contributed by atoms with van der Waals surface area (Å²) in [6.07, 6.45) is 4.72. The van der Waals surface area contributed by atoms with Gasteiger partial charge in [-0.3, -0.25) is 4.79 Å². The summed E-state index contributed by atoms with van der Waals surface area (Å²) in [5.74, 6) is 6.86. The van der Waals surface area contributed by atoms with Crippen molar-refractivity contribution in [3.8, 4) is 11.8 Å². The van der Waals surface area contributed by atoms with Gasteiger partial charge in [-0.05, 0) is 43.7 Å². The lowest BCUT2D eigenvalue weighted by atomic mass is 9.98. The van der Waals surface area contributed by atoms with Gasteiger partial charge in [0.25, 0.3) is 5.91 Å². The molecule has 2 heterocycles. The summed E-state index contributed by atoms with van der Waals surface area (Å²) in [4.78, 5) is 16.4. The second-order valence-corrected chi connectivity index (χ2v) is 6.68. The predicted octanol–water partition coefficient (Wildman–Crippen LogP) is 3.02. The van der Waals surface area contributed by atoms with E-state index >= 15 is 0 Å². The van der Waals surface area contributed by atoms with Crippen LogP contribution in [0, 0.1) is 24.7 Å². The molecule has 2 rings (SSSR count). The predicted molar refractivity (Wildman–Crippen MR) is 88.5 cm³/mol. The highest BCUT2D eigenvalue weighted by Gasteiger charge is 2.22. The molecule has 0 aliphatic carbocycles. The van der Waals surface area contributed by atoms with Gasteiger partial charge in [-0.15, -0.1) is 11.3 Å². The Kier molecular flexibility index (Phi) is 5.84. The molecule has 1 aromatic heterocycles. The third kappa shape index (κ3) is 4.09. The zero-order valence-corrected chi connectivity index (χ0v) is 13.8. The number of thiophene rings is 1. The maximum absolute atomic E-state index is 12.7. The van der Waals surface area contributed by atoms with E-state index < -0.39 is 0 Å². The number of carbonyl (C=O) groups is 1.